The summed E-state index contributed by atoms with van der Waals surface area (Å²) in [4.78, 5) is 15.2. The third kappa shape index (κ3) is 4.61. The van der Waals surface area contributed by atoms with E-state index in [4.69, 9.17) is 10.3 Å². The van der Waals surface area contributed by atoms with Gasteiger partial charge in [0.25, 0.3) is 0 Å². The van der Waals surface area contributed by atoms with Crippen molar-refractivity contribution < 1.29 is 9.53 Å². The molecule has 1 fully saturated rings. The van der Waals surface area contributed by atoms with Crippen LogP contribution in [0.1, 0.15) is 53.4 Å². The first-order valence-electron chi connectivity index (χ1n) is 7.81. The molecule has 1 aliphatic carbocycles. The number of carbonyl (C=O) groups is 1. The van der Waals surface area contributed by atoms with E-state index in [9.17, 15) is 4.79 Å². The van der Waals surface area contributed by atoms with Crippen LogP contribution in [0.15, 0.2) is 5.11 Å². The van der Waals surface area contributed by atoms with Gasteiger partial charge in [-0.15, -0.1) is 0 Å². The second kappa shape index (κ2) is 7.66. The fraction of sp³-hybridized carbons (Fsp3) is 0.933. The number of carbonyl (C=O) groups excluding carboxylic acids is 1. The van der Waals surface area contributed by atoms with Gasteiger partial charge in [0.1, 0.15) is 5.54 Å². The van der Waals surface area contributed by atoms with Crippen molar-refractivity contribution >= 4 is 5.97 Å². The maximum atomic E-state index is 12.5. The van der Waals surface area contributed by atoms with Crippen LogP contribution in [0.4, 0.5) is 0 Å². The highest BCUT2D eigenvalue weighted by atomic mass is 16.5. The van der Waals surface area contributed by atoms with E-state index in [0.717, 1.165) is 25.7 Å². The van der Waals surface area contributed by atoms with E-state index >= 15 is 0 Å². The van der Waals surface area contributed by atoms with E-state index in [1.54, 1.807) is 0 Å². The van der Waals surface area contributed by atoms with Crippen molar-refractivity contribution in [1.29, 1.82) is 0 Å². The lowest BCUT2D eigenvalue weighted by Crippen LogP contribution is -2.60. The first-order valence-corrected chi connectivity index (χ1v) is 7.81. The summed E-state index contributed by atoms with van der Waals surface area (Å²) in [6, 6.07) is 0. The molecule has 1 rings (SSSR count). The molecule has 6 heteroatoms. The van der Waals surface area contributed by atoms with Crippen molar-refractivity contribution in [1.82, 2.24) is 5.32 Å². The molecule has 2 atom stereocenters. The van der Waals surface area contributed by atoms with Gasteiger partial charge in [0.15, 0.2) is 0 Å². The van der Waals surface area contributed by atoms with E-state index in [0.29, 0.717) is 19.7 Å². The Morgan fingerprint density at radius 3 is 2.76 bits per heavy atom. The fourth-order valence-electron chi connectivity index (χ4n) is 3.29. The highest BCUT2D eigenvalue weighted by Gasteiger charge is 2.49. The summed E-state index contributed by atoms with van der Waals surface area (Å²) < 4.78 is 5.32. The minimum Gasteiger partial charge on any atom is -0.465 e. The van der Waals surface area contributed by atoms with Gasteiger partial charge in [0, 0.05) is 11.5 Å². The molecule has 0 aromatic carbocycles. The summed E-state index contributed by atoms with van der Waals surface area (Å²) in [6.07, 6.45) is 3.51. The van der Waals surface area contributed by atoms with Crippen molar-refractivity contribution in [3.63, 3.8) is 0 Å². The summed E-state index contributed by atoms with van der Waals surface area (Å²) in [5.74, 6) is 0.0801. The van der Waals surface area contributed by atoms with Gasteiger partial charge in [-0.05, 0) is 56.0 Å². The zero-order valence-corrected chi connectivity index (χ0v) is 13.7. The highest BCUT2D eigenvalue weighted by molar-refractivity contribution is 5.81. The van der Waals surface area contributed by atoms with Crippen molar-refractivity contribution in [3.8, 4) is 0 Å². The summed E-state index contributed by atoms with van der Waals surface area (Å²) in [5.41, 5.74) is 7.96. The van der Waals surface area contributed by atoms with Crippen molar-refractivity contribution in [2.45, 2.75) is 58.9 Å². The number of ether oxygens (including phenoxy) is 1. The highest BCUT2D eigenvalue weighted by Crippen LogP contribution is 2.44. The van der Waals surface area contributed by atoms with Crippen LogP contribution >= 0.6 is 0 Å². The second-order valence-corrected chi connectivity index (χ2v) is 6.70. The molecule has 0 radical (unpaired) electrons. The standard InChI is InChI=1S/C15H28N4O2/c1-5-21-13(20)15(17-9-6-10-18-19-16)8-7-14(3,4)11-12(15)2/h12,17H,5-11H2,1-4H3. The lowest BCUT2D eigenvalue weighted by Gasteiger charge is -2.47. The predicted octanol–water partition coefficient (Wildman–Crippen LogP) is 3.42. The zero-order valence-electron chi connectivity index (χ0n) is 13.7. The third-order valence-corrected chi connectivity index (χ3v) is 4.47. The Morgan fingerprint density at radius 2 is 2.19 bits per heavy atom. The maximum absolute atomic E-state index is 12.5. The van der Waals surface area contributed by atoms with E-state index in [1.165, 1.54) is 0 Å². The topological polar surface area (TPSA) is 87.1 Å². The van der Waals surface area contributed by atoms with Crippen LogP contribution in [0.25, 0.3) is 10.4 Å². The predicted molar refractivity (Wildman–Crippen MR) is 82.8 cm³/mol. The molecular weight excluding hydrogens is 268 g/mol. The maximum Gasteiger partial charge on any atom is 0.326 e. The lowest BCUT2D eigenvalue weighted by atomic mass is 9.63. The number of nitrogens with zero attached hydrogens (tertiary/aromatic N) is 3. The van der Waals surface area contributed by atoms with E-state index in [-0.39, 0.29) is 17.3 Å². The van der Waals surface area contributed by atoms with Gasteiger partial charge in [-0.25, -0.2) is 0 Å². The normalized spacial score (nSPS) is 27.7. The van der Waals surface area contributed by atoms with Gasteiger partial charge in [-0.1, -0.05) is 25.9 Å². The Morgan fingerprint density at radius 1 is 1.48 bits per heavy atom. The average molecular weight is 296 g/mol. The van der Waals surface area contributed by atoms with E-state index in [1.807, 2.05) is 6.92 Å². The Hall–Kier alpha value is -1.26. The second-order valence-electron chi connectivity index (χ2n) is 6.70. The van der Waals surface area contributed by atoms with Gasteiger partial charge in [0.05, 0.1) is 6.61 Å². The number of hydrogen-bond acceptors (Lipinski definition) is 4. The average Bonchev–Trinajstić information content (AvgIpc) is 2.40. The number of azide groups is 1. The third-order valence-electron chi connectivity index (χ3n) is 4.47. The number of nitrogens with one attached hydrogen (secondary N) is 1. The van der Waals surface area contributed by atoms with E-state index < -0.39 is 5.54 Å². The summed E-state index contributed by atoms with van der Waals surface area (Å²) >= 11 is 0. The summed E-state index contributed by atoms with van der Waals surface area (Å²) in [6.45, 7) is 9.96. The molecule has 1 saturated carbocycles. The van der Waals surface area contributed by atoms with Crippen molar-refractivity contribution in [3.05, 3.63) is 10.4 Å². The van der Waals surface area contributed by atoms with Gasteiger partial charge in [-0.3, -0.25) is 4.79 Å². The largest absolute Gasteiger partial charge is 0.465 e. The molecule has 0 aromatic heterocycles. The van der Waals surface area contributed by atoms with Gasteiger partial charge < -0.3 is 10.1 Å². The molecule has 0 heterocycles. The first-order chi connectivity index (χ1) is 9.88. The monoisotopic (exact) mass is 296 g/mol. The lowest BCUT2D eigenvalue weighted by molar-refractivity contribution is -0.157. The molecule has 0 aromatic rings. The number of rotatable bonds is 7. The van der Waals surface area contributed by atoms with Crippen LogP contribution in [-0.2, 0) is 9.53 Å². The molecular formula is C15H28N4O2. The fourth-order valence-corrected chi connectivity index (χ4v) is 3.29. The Bertz CT molecular complexity index is 404. The van der Waals surface area contributed by atoms with Gasteiger partial charge >= 0.3 is 5.97 Å². The molecule has 0 saturated heterocycles. The Labute approximate surface area is 127 Å². The molecule has 0 bridgehead atoms. The quantitative estimate of drug-likeness (QED) is 0.257. The molecule has 1 aliphatic rings. The molecule has 120 valence electrons. The molecule has 6 nitrogen and oxygen atoms in total. The van der Waals surface area contributed by atoms with E-state index in [2.05, 4.69) is 36.1 Å². The summed E-state index contributed by atoms with van der Waals surface area (Å²) in [7, 11) is 0. The SMILES string of the molecule is CCOC(=O)C1(NCCCN=[N+]=[N-])CCC(C)(C)CC1C. The zero-order chi connectivity index (χ0) is 15.9. The van der Waals surface area contributed by atoms with Crippen LogP contribution in [0.5, 0.6) is 0 Å². The van der Waals surface area contributed by atoms with Crippen molar-refractivity contribution in [2.75, 3.05) is 19.7 Å². The molecule has 1 N–H and O–H groups in total. The van der Waals surface area contributed by atoms with Crippen LogP contribution in [0, 0.1) is 11.3 Å². The number of hydrogen-bond donors (Lipinski definition) is 1. The molecule has 0 aliphatic heterocycles. The van der Waals surface area contributed by atoms with Gasteiger partial charge in [0.2, 0.25) is 0 Å². The Kier molecular flexibility index (Phi) is 6.49. The number of esters is 1. The molecule has 2 unspecified atom stereocenters. The van der Waals surface area contributed by atoms with Crippen LogP contribution < -0.4 is 5.32 Å². The van der Waals surface area contributed by atoms with Crippen LogP contribution in [0.3, 0.4) is 0 Å². The molecule has 21 heavy (non-hydrogen) atoms. The first kappa shape index (κ1) is 17.8. The minimum atomic E-state index is -0.595. The smallest absolute Gasteiger partial charge is 0.326 e. The summed E-state index contributed by atoms with van der Waals surface area (Å²) in [5, 5.41) is 6.93. The van der Waals surface area contributed by atoms with Crippen LogP contribution in [0.2, 0.25) is 0 Å². The molecule has 0 spiro atoms. The van der Waals surface area contributed by atoms with Crippen molar-refractivity contribution in [2.24, 2.45) is 16.4 Å². The minimum absolute atomic E-state index is 0.142. The van der Waals surface area contributed by atoms with Crippen LogP contribution in [-0.4, -0.2) is 31.2 Å². The Balaban J connectivity index is 2.76. The van der Waals surface area contributed by atoms with Gasteiger partial charge in [-0.2, -0.15) is 0 Å². The molecule has 0 amide bonds.